The molecule has 1 atom stereocenters. The number of rotatable bonds is 7. The first kappa shape index (κ1) is 39.8. The number of aromatic nitrogens is 6. The van der Waals surface area contributed by atoms with Crippen molar-refractivity contribution in [3.05, 3.63) is 75.9 Å². The Labute approximate surface area is 329 Å². The van der Waals surface area contributed by atoms with E-state index in [9.17, 15) is 14.7 Å². The Morgan fingerprint density at radius 1 is 0.764 bits per heavy atom. The number of nitrogens with one attached hydrogen (secondary N) is 1. The number of fused-ring (bicyclic) bond motifs is 3. The maximum atomic E-state index is 13.4. The number of hydrogen-bond donors (Lipinski definition) is 2. The number of hydrogen-bond acceptors (Lipinski definition) is 9. The van der Waals surface area contributed by atoms with Gasteiger partial charge in [-0.25, -0.2) is 14.8 Å². The number of anilines is 2. The van der Waals surface area contributed by atoms with Crippen LogP contribution >= 0.6 is 13.5 Å². The summed E-state index contributed by atoms with van der Waals surface area (Å²) in [4.78, 5) is 39.2. The van der Waals surface area contributed by atoms with Crippen LogP contribution in [0, 0.1) is 13.8 Å². The van der Waals surface area contributed by atoms with E-state index in [2.05, 4.69) is 39.0 Å². The minimum absolute atomic E-state index is 0. The molecule has 0 radical (unpaired) electrons. The van der Waals surface area contributed by atoms with Crippen molar-refractivity contribution in [2.24, 2.45) is 0 Å². The zero-order valence-corrected chi connectivity index (χ0v) is 33.9. The van der Waals surface area contributed by atoms with E-state index < -0.39 is 5.97 Å². The molecule has 13 nitrogen and oxygen atoms in total. The summed E-state index contributed by atoms with van der Waals surface area (Å²) in [5.74, 6) is 2.08. The summed E-state index contributed by atoms with van der Waals surface area (Å²) >= 11 is 0. The van der Waals surface area contributed by atoms with Gasteiger partial charge in [-0.2, -0.15) is 32.7 Å². The summed E-state index contributed by atoms with van der Waals surface area (Å²) in [5.41, 5.74) is 6.93. The van der Waals surface area contributed by atoms with Crippen LogP contribution in [0.4, 0.5) is 11.6 Å². The van der Waals surface area contributed by atoms with Crippen molar-refractivity contribution >= 4 is 48.3 Å². The molecular weight excluding hydrogens is 715 g/mol. The lowest BCUT2D eigenvalue weighted by atomic mass is 9.97. The third-order valence-corrected chi connectivity index (χ3v) is 10.9. The Morgan fingerprint density at radius 2 is 1.25 bits per heavy atom. The van der Waals surface area contributed by atoms with E-state index in [0.717, 1.165) is 83.7 Å². The smallest absolute Gasteiger partial charge is 0.337 e. The molecule has 0 aliphatic carbocycles. The van der Waals surface area contributed by atoms with E-state index in [0.29, 0.717) is 17.8 Å². The van der Waals surface area contributed by atoms with Gasteiger partial charge in [0.25, 0.3) is 5.91 Å². The van der Waals surface area contributed by atoms with Crippen LogP contribution in [0.25, 0.3) is 11.3 Å². The first-order valence-electron chi connectivity index (χ1n) is 19.6. The molecule has 0 saturated carbocycles. The Bertz CT molecular complexity index is 2170. The maximum absolute atomic E-state index is 13.4. The van der Waals surface area contributed by atoms with E-state index in [1.807, 2.05) is 61.0 Å². The first-order valence-corrected chi connectivity index (χ1v) is 19.6. The van der Waals surface area contributed by atoms with Crippen LogP contribution in [0.3, 0.4) is 0 Å². The summed E-state index contributed by atoms with van der Waals surface area (Å²) in [5, 5.41) is 21.7. The van der Waals surface area contributed by atoms with E-state index in [1.54, 1.807) is 6.20 Å². The SMILES string of the molecule is Cc1nc2c(C(C)C)c(C(=O)N[C@H]3CCOc4ccccc43)cnn2c1N1CCCCC1.Cc1nc2c(C(C)C)c(C(=O)O)cnn2c1N1CCCCC1.S. The number of carbonyl (C=O) groups is 2. The lowest BCUT2D eigenvalue weighted by Gasteiger charge is -2.28. The van der Waals surface area contributed by atoms with Gasteiger partial charge in [0, 0.05) is 49.3 Å². The summed E-state index contributed by atoms with van der Waals surface area (Å²) < 4.78 is 9.52. The fraction of sp³-hybridized carbons (Fsp3) is 0.512. The Kier molecular flexibility index (Phi) is 12.2. The molecule has 1 aromatic carbocycles. The summed E-state index contributed by atoms with van der Waals surface area (Å²) in [6, 6.07) is 7.84. The second-order valence-electron chi connectivity index (χ2n) is 15.4. The number of ether oxygens (including phenoxy) is 1. The van der Waals surface area contributed by atoms with Crippen molar-refractivity contribution in [3.63, 3.8) is 0 Å². The van der Waals surface area contributed by atoms with Crippen molar-refractivity contribution in [2.75, 3.05) is 42.6 Å². The Morgan fingerprint density at radius 3 is 1.76 bits per heavy atom. The molecule has 0 spiro atoms. The minimum atomic E-state index is -0.945. The molecule has 3 aliphatic rings. The van der Waals surface area contributed by atoms with E-state index >= 15 is 0 Å². The monoisotopic (exact) mass is 769 g/mol. The molecule has 294 valence electrons. The van der Waals surface area contributed by atoms with Crippen molar-refractivity contribution in [2.45, 2.75) is 104 Å². The average molecular weight is 770 g/mol. The van der Waals surface area contributed by atoms with Gasteiger partial charge in [-0.05, 0) is 70.3 Å². The average Bonchev–Trinajstić information content (AvgIpc) is 3.69. The number of aromatic carboxylic acids is 1. The fourth-order valence-corrected chi connectivity index (χ4v) is 8.35. The molecule has 2 saturated heterocycles. The second-order valence-corrected chi connectivity index (χ2v) is 15.4. The highest BCUT2D eigenvalue weighted by Crippen LogP contribution is 2.34. The van der Waals surface area contributed by atoms with Crippen LogP contribution < -0.4 is 19.9 Å². The predicted octanol–water partition coefficient (Wildman–Crippen LogP) is 7.37. The summed E-state index contributed by atoms with van der Waals surface area (Å²) in [6.45, 7) is 16.9. The molecule has 4 aromatic heterocycles. The predicted molar refractivity (Wildman–Crippen MR) is 220 cm³/mol. The number of piperidine rings is 2. The molecular formula is C41H55N9O4S. The third-order valence-electron chi connectivity index (χ3n) is 10.9. The van der Waals surface area contributed by atoms with Gasteiger partial charge in [0.15, 0.2) is 22.9 Å². The fourth-order valence-electron chi connectivity index (χ4n) is 8.35. The van der Waals surface area contributed by atoms with Gasteiger partial charge in [0.2, 0.25) is 0 Å². The summed E-state index contributed by atoms with van der Waals surface area (Å²) in [7, 11) is 0. The van der Waals surface area contributed by atoms with Crippen molar-refractivity contribution in [3.8, 4) is 5.75 Å². The number of carboxylic acid groups (broad SMARTS) is 1. The molecule has 3 aliphatic heterocycles. The number of nitrogens with zero attached hydrogens (tertiary/aromatic N) is 8. The van der Waals surface area contributed by atoms with E-state index in [1.165, 1.54) is 44.7 Å². The molecule has 2 N–H and O–H groups in total. The van der Waals surface area contributed by atoms with Crippen LogP contribution in [-0.4, -0.2) is 79.0 Å². The van der Waals surface area contributed by atoms with Crippen LogP contribution in [0.5, 0.6) is 5.75 Å². The molecule has 1 amide bonds. The van der Waals surface area contributed by atoms with E-state index in [-0.39, 0.29) is 42.8 Å². The Hall–Kier alpha value is -4.85. The highest BCUT2D eigenvalue weighted by molar-refractivity contribution is 7.59. The van der Waals surface area contributed by atoms with Gasteiger partial charge in [-0.3, -0.25) is 4.79 Å². The van der Waals surface area contributed by atoms with Crippen molar-refractivity contribution in [1.29, 1.82) is 0 Å². The third kappa shape index (κ3) is 7.83. The molecule has 5 aromatic rings. The minimum Gasteiger partial charge on any atom is -0.493 e. The molecule has 0 unspecified atom stereocenters. The van der Waals surface area contributed by atoms with Crippen molar-refractivity contribution in [1.82, 2.24) is 34.5 Å². The van der Waals surface area contributed by atoms with Crippen LogP contribution in [0.15, 0.2) is 36.7 Å². The topological polar surface area (TPSA) is 142 Å². The molecule has 2 fully saturated rings. The van der Waals surface area contributed by atoms with E-state index in [4.69, 9.17) is 14.8 Å². The van der Waals surface area contributed by atoms with Gasteiger partial charge >= 0.3 is 5.97 Å². The molecule has 14 heteroatoms. The number of benzene rings is 1. The number of amides is 1. The largest absolute Gasteiger partial charge is 0.493 e. The van der Waals surface area contributed by atoms with Crippen molar-refractivity contribution < 1.29 is 19.4 Å². The van der Waals surface area contributed by atoms with Crippen LogP contribution in [0.2, 0.25) is 0 Å². The number of carbonyl (C=O) groups excluding carboxylic acids is 1. The maximum Gasteiger partial charge on any atom is 0.337 e. The second kappa shape index (κ2) is 16.9. The molecule has 0 bridgehead atoms. The van der Waals surface area contributed by atoms with Gasteiger partial charge in [-0.1, -0.05) is 45.9 Å². The number of imidazole rings is 2. The number of aryl methyl sites for hydroxylation is 2. The molecule has 8 rings (SSSR count). The van der Waals surface area contributed by atoms with Gasteiger partial charge in [0.1, 0.15) is 5.75 Å². The van der Waals surface area contributed by atoms with Crippen LogP contribution in [0.1, 0.15) is 139 Å². The zero-order valence-electron chi connectivity index (χ0n) is 32.9. The Balaban J connectivity index is 0.000000196. The lowest BCUT2D eigenvalue weighted by molar-refractivity contribution is 0.0694. The normalized spacial score (nSPS) is 17.1. The van der Waals surface area contributed by atoms with Gasteiger partial charge < -0.3 is 25.0 Å². The highest BCUT2D eigenvalue weighted by Gasteiger charge is 2.29. The first-order chi connectivity index (χ1) is 26.0. The molecule has 55 heavy (non-hydrogen) atoms. The quantitative estimate of drug-likeness (QED) is 0.172. The zero-order chi connectivity index (χ0) is 38.1. The van der Waals surface area contributed by atoms with Crippen LogP contribution in [-0.2, 0) is 0 Å². The standard InChI is InChI=1S/C25H31N5O2.C16H22N4O2.H2S/c1-16(2)22-19(24(31)28-20-11-14-32-21-10-6-5-9-18(20)21)15-26-30-23(22)27-17(3)25(30)29-12-7-4-8-13-29;1-10(2)13-12(16(21)22)9-17-20-14(13)18-11(3)15(20)19-7-5-4-6-8-19;/h5-6,9-10,15-16,20H,4,7-8,11-14H2,1-3H3,(H,28,31);9-10H,4-8H2,1-3H3,(H,21,22);1H2/t20-;;/m0../s1. The highest BCUT2D eigenvalue weighted by atomic mass is 32.1. The summed E-state index contributed by atoms with van der Waals surface area (Å²) in [6.07, 6.45) is 11.2. The number of carboxylic acids is 1. The lowest BCUT2D eigenvalue weighted by Crippen LogP contribution is -2.33. The van der Waals surface area contributed by atoms with Gasteiger partial charge in [-0.15, -0.1) is 0 Å². The van der Waals surface area contributed by atoms with Gasteiger partial charge in [0.05, 0.1) is 47.6 Å². The molecule has 7 heterocycles. The number of para-hydroxylation sites is 1.